The fraction of sp³-hybridized carbons (Fsp3) is 0.381. The molecular weight excluding hydrogens is 456 g/mol. The first-order chi connectivity index (χ1) is 14.9. The summed E-state index contributed by atoms with van der Waals surface area (Å²) in [6.07, 6.45) is 0.429. The van der Waals surface area contributed by atoms with Crippen LogP contribution in [0.15, 0.2) is 47.4 Å². The first-order valence-electron chi connectivity index (χ1n) is 9.79. The Hall–Kier alpha value is -2.63. The number of hydrogen-bond acceptors (Lipinski definition) is 7. The van der Waals surface area contributed by atoms with Crippen molar-refractivity contribution in [1.82, 2.24) is 4.72 Å². The van der Waals surface area contributed by atoms with E-state index in [2.05, 4.69) is 4.72 Å². The lowest BCUT2D eigenvalue weighted by Crippen LogP contribution is -2.33. The smallest absolute Gasteiger partial charge is 0.247 e. The molecule has 1 amide bonds. The van der Waals surface area contributed by atoms with E-state index >= 15 is 0 Å². The average Bonchev–Trinajstić information content (AvgIpc) is 2.90. The average molecular weight is 483 g/mol. The number of anilines is 1. The Labute approximate surface area is 188 Å². The SMILES string of the molecule is COc1ccc(CCNS(=O)(=O)c2cc(N3C(=O)C(C)(C)CS3(=O)=O)ccc2OC)cc1. The number of hydrogen-bond donors (Lipinski definition) is 1. The molecule has 174 valence electrons. The fourth-order valence-electron chi connectivity index (χ4n) is 3.46. The highest BCUT2D eigenvalue weighted by Crippen LogP contribution is 2.38. The van der Waals surface area contributed by atoms with Crippen LogP contribution in [0.4, 0.5) is 5.69 Å². The molecule has 1 fully saturated rings. The lowest BCUT2D eigenvalue weighted by molar-refractivity contribution is -0.123. The number of methoxy groups -OCH3 is 2. The second-order valence-electron chi connectivity index (χ2n) is 8.04. The van der Waals surface area contributed by atoms with Crippen molar-refractivity contribution in [2.75, 3.05) is 30.8 Å². The number of amides is 1. The minimum absolute atomic E-state index is 0.0361. The lowest BCUT2D eigenvalue weighted by Gasteiger charge is -2.19. The molecule has 2 aromatic carbocycles. The highest BCUT2D eigenvalue weighted by molar-refractivity contribution is 7.94. The number of rotatable bonds is 8. The Balaban J connectivity index is 1.86. The van der Waals surface area contributed by atoms with Crippen LogP contribution < -0.4 is 18.5 Å². The van der Waals surface area contributed by atoms with E-state index < -0.39 is 31.4 Å². The third-order valence-electron chi connectivity index (χ3n) is 5.12. The normalized spacial score (nSPS) is 17.4. The summed E-state index contributed by atoms with van der Waals surface area (Å²) in [5, 5.41) is 0. The van der Waals surface area contributed by atoms with Crippen molar-refractivity contribution in [3.8, 4) is 11.5 Å². The van der Waals surface area contributed by atoms with Crippen molar-refractivity contribution < 1.29 is 31.1 Å². The Morgan fingerprint density at radius 2 is 1.72 bits per heavy atom. The van der Waals surface area contributed by atoms with Crippen molar-refractivity contribution in [1.29, 1.82) is 0 Å². The second kappa shape index (κ2) is 8.72. The van der Waals surface area contributed by atoms with E-state index in [1.165, 1.54) is 33.1 Å². The number of nitrogens with zero attached hydrogens (tertiary/aromatic N) is 1. The van der Waals surface area contributed by atoms with Gasteiger partial charge in [0.25, 0.3) is 0 Å². The van der Waals surface area contributed by atoms with Gasteiger partial charge in [-0.2, -0.15) is 0 Å². The number of carbonyl (C=O) groups is 1. The first kappa shape index (κ1) is 24.0. The van der Waals surface area contributed by atoms with Crippen LogP contribution in [0.1, 0.15) is 19.4 Å². The van der Waals surface area contributed by atoms with Crippen LogP contribution in [0.5, 0.6) is 11.5 Å². The van der Waals surface area contributed by atoms with E-state index in [4.69, 9.17) is 9.47 Å². The minimum Gasteiger partial charge on any atom is -0.497 e. The molecule has 1 aliphatic heterocycles. The van der Waals surface area contributed by atoms with E-state index in [0.29, 0.717) is 16.5 Å². The summed E-state index contributed by atoms with van der Waals surface area (Å²) in [4.78, 5) is 12.4. The van der Waals surface area contributed by atoms with Crippen LogP contribution in [0.3, 0.4) is 0 Å². The number of sulfonamides is 2. The molecule has 0 atom stereocenters. The van der Waals surface area contributed by atoms with Gasteiger partial charge in [-0.3, -0.25) is 4.79 Å². The summed E-state index contributed by atoms with van der Waals surface area (Å²) < 4.78 is 64.6. The molecule has 0 aliphatic carbocycles. The molecule has 1 heterocycles. The van der Waals surface area contributed by atoms with Gasteiger partial charge in [0.1, 0.15) is 16.4 Å². The summed E-state index contributed by atoms with van der Waals surface area (Å²) in [5.74, 6) is -0.231. The van der Waals surface area contributed by atoms with E-state index in [-0.39, 0.29) is 28.6 Å². The molecular formula is C21H26N2O7S2. The van der Waals surface area contributed by atoms with Gasteiger partial charge in [-0.15, -0.1) is 0 Å². The third kappa shape index (κ3) is 4.74. The zero-order chi connectivity index (χ0) is 23.7. The minimum atomic E-state index is -4.05. The van der Waals surface area contributed by atoms with E-state index in [0.717, 1.165) is 11.6 Å². The maximum Gasteiger partial charge on any atom is 0.247 e. The van der Waals surface area contributed by atoms with E-state index in [9.17, 15) is 21.6 Å². The molecule has 1 aliphatic rings. The number of nitrogens with one attached hydrogen (secondary N) is 1. The zero-order valence-electron chi connectivity index (χ0n) is 18.3. The first-order valence-corrected chi connectivity index (χ1v) is 12.9. The summed E-state index contributed by atoms with van der Waals surface area (Å²) >= 11 is 0. The van der Waals surface area contributed by atoms with Gasteiger partial charge < -0.3 is 9.47 Å². The molecule has 0 unspecified atom stereocenters. The molecule has 1 N–H and O–H groups in total. The second-order valence-corrected chi connectivity index (χ2v) is 11.6. The van der Waals surface area contributed by atoms with Crippen LogP contribution in [-0.4, -0.2) is 49.3 Å². The molecule has 11 heteroatoms. The van der Waals surface area contributed by atoms with Crippen LogP contribution in [-0.2, 0) is 31.3 Å². The Kier molecular flexibility index (Phi) is 6.55. The van der Waals surface area contributed by atoms with Gasteiger partial charge in [0, 0.05) is 6.54 Å². The molecule has 0 aromatic heterocycles. The molecule has 32 heavy (non-hydrogen) atoms. The number of carbonyl (C=O) groups excluding carboxylic acids is 1. The van der Waals surface area contributed by atoms with Crippen LogP contribution in [0, 0.1) is 5.41 Å². The lowest BCUT2D eigenvalue weighted by atomic mass is 9.95. The maximum absolute atomic E-state index is 13.0. The predicted octanol–water partition coefficient (Wildman–Crippen LogP) is 1.93. The van der Waals surface area contributed by atoms with Gasteiger partial charge in [0.2, 0.25) is 26.0 Å². The summed E-state index contributed by atoms with van der Waals surface area (Å²) in [6.45, 7) is 3.18. The van der Waals surface area contributed by atoms with E-state index in [1.54, 1.807) is 19.2 Å². The van der Waals surface area contributed by atoms with E-state index in [1.807, 2.05) is 12.1 Å². The Morgan fingerprint density at radius 3 is 2.25 bits per heavy atom. The summed E-state index contributed by atoms with van der Waals surface area (Å²) in [5.41, 5.74) is -0.240. The van der Waals surface area contributed by atoms with Crippen LogP contribution in [0.25, 0.3) is 0 Å². The van der Waals surface area contributed by atoms with Crippen molar-refractivity contribution in [2.24, 2.45) is 5.41 Å². The Morgan fingerprint density at radius 1 is 1.06 bits per heavy atom. The highest BCUT2D eigenvalue weighted by Gasteiger charge is 2.50. The molecule has 0 radical (unpaired) electrons. The Bertz CT molecular complexity index is 1220. The predicted molar refractivity (Wildman–Crippen MR) is 120 cm³/mol. The standard InChI is InChI=1S/C21H26N2O7S2/c1-21(2)14-31(25,26)23(20(21)24)16-7-10-18(30-4)19(13-16)32(27,28)22-12-11-15-5-8-17(29-3)9-6-15/h5-10,13,22H,11-12,14H2,1-4H3. The monoisotopic (exact) mass is 482 g/mol. The summed E-state index contributed by atoms with van der Waals surface area (Å²) in [6, 6.07) is 11.1. The fourth-order valence-corrected chi connectivity index (χ4v) is 6.78. The van der Waals surface area contributed by atoms with Crippen LogP contribution >= 0.6 is 0 Å². The third-order valence-corrected chi connectivity index (χ3v) is 8.62. The van der Waals surface area contributed by atoms with Crippen molar-refractivity contribution in [2.45, 2.75) is 25.2 Å². The quantitative estimate of drug-likeness (QED) is 0.611. The van der Waals surface area contributed by atoms with Crippen molar-refractivity contribution in [3.63, 3.8) is 0 Å². The van der Waals surface area contributed by atoms with Gasteiger partial charge >= 0.3 is 0 Å². The molecule has 1 saturated heterocycles. The topological polar surface area (TPSA) is 119 Å². The van der Waals surface area contributed by atoms with Crippen LogP contribution in [0.2, 0.25) is 0 Å². The van der Waals surface area contributed by atoms with Crippen molar-refractivity contribution in [3.05, 3.63) is 48.0 Å². The zero-order valence-corrected chi connectivity index (χ0v) is 19.9. The molecule has 0 spiro atoms. The van der Waals surface area contributed by atoms with Gasteiger partial charge in [0.05, 0.1) is 31.1 Å². The van der Waals surface area contributed by atoms with Gasteiger partial charge in [-0.05, 0) is 56.2 Å². The van der Waals surface area contributed by atoms with Gasteiger partial charge in [-0.1, -0.05) is 12.1 Å². The molecule has 2 aromatic rings. The number of ether oxygens (including phenoxy) is 2. The van der Waals surface area contributed by atoms with Gasteiger partial charge in [0.15, 0.2) is 0 Å². The van der Waals surface area contributed by atoms with Crippen molar-refractivity contribution >= 4 is 31.6 Å². The van der Waals surface area contributed by atoms with Gasteiger partial charge in [-0.25, -0.2) is 25.9 Å². The molecule has 0 saturated carbocycles. The maximum atomic E-state index is 13.0. The highest BCUT2D eigenvalue weighted by atomic mass is 32.2. The molecule has 3 rings (SSSR count). The largest absolute Gasteiger partial charge is 0.497 e. The molecule has 9 nitrogen and oxygen atoms in total. The number of benzene rings is 2. The molecule has 0 bridgehead atoms. The summed E-state index contributed by atoms with van der Waals surface area (Å²) in [7, 11) is -5.10.